The molecule has 0 bridgehead atoms. The van der Waals surface area contributed by atoms with Crippen molar-refractivity contribution in [1.29, 1.82) is 0 Å². The van der Waals surface area contributed by atoms with Gasteiger partial charge in [-0.3, -0.25) is 14.7 Å². The van der Waals surface area contributed by atoms with Crippen LogP contribution in [0.25, 0.3) is 0 Å². The number of pyridine rings is 1. The molecule has 25 heavy (non-hydrogen) atoms. The molecule has 0 radical (unpaired) electrons. The van der Waals surface area contributed by atoms with E-state index in [1.165, 1.54) is 4.90 Å². The first-order valence-corrected chi connectivity index (χ1v) is 8.01. The molecule has 0 unspecified atom stereocenters. The van der Waals surface area contributed by atoms with Crippen LogP contribution in [0, 0.1) is 0 Å². The minimum absolute atomic E-state index is 0.0373. The zero-order valence-electron chi connectivity index (χ0n) is 13.6. The Hall–Kier alpha value is -3.09. The van der Waals surface area contributed by atoms with E-state index in [0.29, 0.717) is 13.0 Å². The van der Waals surface area contributed by atoms with E-state index in [2.05, 4.69) is 10.3 Å². The number of hydrogen-bond donors (Lipinski definition) is 2. The molecule has 7 nitrogen and oxygen atoms in total. The maximum absolute atomic E-state index is 12.4. The van der Waals surface area contributed by atoms with Crippen LogP contribution in [0.2, 0.25) is 0 Å². The van der Waals surface area contributed by atoms with Crippen LogP contribution in [0.3, 0.4) is 0 Å². The second-order valence-corrected chi connectivity index (χ2v) is 5.79. The number of phenolic OH excluding ortho intramolecular Hbond substituents is 1. The summed E-state index contributed by atoms with van der Waals surface area (Å²) in [6.45, 7) is 0.748. The number of amides is 2. The Labute approximate surface area is 145 Å². The lowest BCUT2D eigenvalue weighted by Gasteiger charge is -2.20. The molecule has 7 heteroatoms. The smallest absolute Gasteiger partial charge is 0.410 e. The second kappa shape index (κ2) is 7.65. The van der Waals surface area contributed by atoms with Crippen LogP contribution >= 0.6 is 0 Å². The highest BCUT2D eigenvalue weighted by atomic mass is 16.6. The fourth-order valence-corrected chi connectivity index (χ4v) is 2.63. The van der Waals surface area contributed by atoms with E-state index >= 15 is 0 Å². The molecule has 0 spiro atoms. The first-order chi connectivity index (χ1) is 12.1. The summed E-state index contributed by atoms with van der Waals surface area (Å²) in [4.78, 5) is 29.7. The monoisotopic (exact) mass is 341 g/mol. The summed E-state index contributed by atoms with van der Waals surface area (Å²) in [5.74, 6) is -0.0917. The molecule has 3 rings (SSSR count). The largest absolute Gasteiger partial charge is 0.508 e. The Morgan fingerprint density at radius 3 is 2.80 bits per heavy atom. The number of nitrogens with zero attached hydrogens (tertiary/aromatic N) is 2. The molecule has 1 atom stereocenters. The highest BCUT2D eigenvalue weighted by Gasteiger charge is 2.37. The molecule has 1 fully saturated rings. The molecule has 1 saturated heterocycles. The first-order valence-electron chi connectivity index (χ1n) is 8.01. The number of carbonyl (C=O) groups excluding carboxylic acids is 2. The highest BCUT2D eigenvalue weighted by Crippen LogP contribution is 2.18. The number of rotatable bonds is 6. The molecule has 0 saturated carbocycles. The Kier molecular flexibility index (Phi) is 5.13. The number of phenols is 1. The van der Waals surface area contributed by atoms with E-state index in [-0.39, 0.29) is 24.8 Å². The topological polar surface area (TPSA) is 91.8 Å². The number of ether oxygens (including phenoxy) is 1. The zero-order valence-corrected chi connectivity index (χ0v) is 13.6. The quantitative estimate of drug-likeness (QED) is 0.830. The third kappa shape index (κ3) is 4.26. The highest BCUT2D eigenvalue weighted by molar-refractivity contribution is 5.87. The van der Waals surface area contributed by atoms with E-state index in [1.54, 1.807) is 36.7 Å². The molecule has 1 aromatic heterocycles. The van der Waals surface area contributed by atoms with Crippen molar-refractivity contribution in [2.75, 3.05) is 13.2 Å². The van der Waals surface area contributed by atoms with Crippen LogP contribution in [0.4, 0.5) is 4.79 Å². The van der Waals surface area contributed by atoms with Crippen molar-refractivity contribution in [1.82, 2.24) is 15.2 Å². The molecule has 2 heterocycles. The molecule has 0 aliphatic carbocycles. The maximum Gasteiger partial charge on any atom is 0.410 e. The summed E-state index contributed by atoms with van der Waals surface area (Å²) in [5, 5.41) is 12.2. The van der Waals surface area contributed by atoms with E-state index in [9.17, 15) is 14.7 Å². The number of carbonyl (C=O) groups is 2. The van der Waals surface area contributed by atoms with Crippen molar-refractivity contribution >= 4 is 12.0 Å². The molecule has 2 aromatic rings. The van der Waals surface area contributed by atoms with Crippen LogP contribution in [0.1, 0.15) is 11.1 Å². The van der Waals surface area contributed by atoms with Crippen molar-refractivity contribution in [3.8, 4) is 5.75 Å². The van der Waals surface area contributed by atoms with Gasteiger partial charge in [-0.2, -0.15) is 0 Å². The Bertz CT molecular complexity index is 734. The summed E-state index contributed by atoms with van der Waals surface area (Å²) in [6.07, 6.45) is 3.61. The van der Waals surface area contributed by atoms with Gasteiger partial charge < -0.3 is 15.2 Å². The number of benzene rings is 1. The SMILES string of the molecule is O=C(NCCc1cccnc1)[C@@H]1COC(=O)N1Cc1ccc(O)cc1. The minimum Gasteiger partial charge on any atom is -0.508 e. The van der Waals surface area contributed by atoms with Gasteiger partial charge in [-0.15, -0.1) is 0 Å². The van der Waals surface area contributed by atoms with Crippen LogP contribution < -0.4 is 5.32 Å². The fourth-order valence-electron chi connectivity index (χ4n) is 2.63. The van der Waals surface area contributed by atoms with Gasteiger partial charge in [0, 0.05) is 18.9 Å². The van der Waals surface area contributed by atoms with Gasteiger partial charge in [-0.25, -0.2) is 4.79 Å². The van der Waals surface area contributed by atoms with Crippen molar-refractivity contribution in [2.45, 2.75) is 19.0 Å². The Morgan fingerprint density at radius 2 is 2.08 bits per heavy atom. The number of nitrogens with one attached hydrogen (secondary N) is 1. The fraction of sp³-hybridized carbons (Fsp3) is 0.278. The normalized spacial score (nSPS) is 16.6. The summed E-state index contributed by atoms with van der Waals surface area (Å²) in [5.41, 5.74) is 1.84. The minimum atomic E-state index is -0.657. The van der Waals surface area contributed by atoms with Crippen LogP contribution in [0.15, 0.2) is 48.8 Å². The standard InChI is InChI=1S/C18H19N3O4/c22-15-5-3-14(4-6-15)11-21-16(12-25-18(21)24)17(23)20-9-7-13-2-1-8-19-10-13/h1-6,8,10,16,22H,7,9,11-12H2,(H,20,23)/t16-/m0/s1. The van der Waals surface area contributed by atoms with Gasteiger partial charge in [0.25, 0.3) is 0 Å². The summed E-state index contributed by atoms with van der Waals surface area (Å²) in [6, 6.07) is 9.63. The van der Waals surface area contributed by atoms with E-state index < -0.39 is 12.1 Å². The molecule has 1 aromatic carbocycles. The number of aromatic hydroxyl groups is 1. The van der Waals surface area contributed by atoms with Crippen molar-refractivity contribution in [3.63, 3.8) is 0 Å². The van der Waals surface area contributed by atoms with Crippen LogP contribution in [-0.2, 0) is 22.5 Å². The second-order valence-electron chi connectivity index (χ2n) is 5.79. The first kappa shape index (κ1) is 16.8. The van der Waals surface area contributed by atoms with Crippen molar-refractivity contribution < 1.29 is 19.4 Å². The predicted octanol–water partition coefficient (Wildman–Crippen LogP) is 1.47. The number of hydrogen-bond acceptors (Lipinski definition) is 5. The van der Waals surface area contributed by atoms with E-state index in [0.717, 1.165) is 11.1 Å². The molecular weight excluding hydrogens is 322 g/mol. The van der Waals surface area contributed by atoms with Gasteiger partial charge in [0.1, 0.15) is 18.4 Å². The predicted molar refractivity (Wildman–Crippen MR) is 89.7 cm³/mol. The van der Waals surface area contributed by atoms with Crippen LogP contribution in [-0.4, -0.2) is 46.2 Å². The van der Waals surface area contributed by atoms with Gasteiger partial charge in [0.05, 0.1) is 6.54 Å². The van der Waals surface area contributed by atoms with E-state index in [4.69, 9.17) is 4.74 Å². The summed E-state index contributed by atoms with van der Waals surface area (Å²) < 4.78 is 5.03. The molecular formula is C18H19N3O4. The van der Waals surface area contributed by atoms with Gasteiger partial charge in [-0.05, 0) is 35.7 Å². The third-order valence-electron chi connectivity index (χ3n) is 4.00. The molecule has 130 valence electrons. The van der Waals surface area contributed by atoms with Gasteiger partial charge in [0.2, 0.25) is 5.91 Å². The maximum atomic E-state index is 12.4. The average molecular weight is 341 g/mol. The summed E-state index contributed by atoms with van der Waals surface area (Å²) in [7, 11) is 0. The lowest BCUT2D eigenvalue weighted by molar-refractivity contribution is -0.124. The van der Waals surface area contributed by atoms with Gasteiger partial charge in [-0.1, -0.05) is 18.2 Å². The molecule has 1 aliphatic rings. The number of cyclic esters (lactones) is 1. The summed E-state index contributed by atoms with van der Waals surface area (Å²) >= 11 is 0. The van der Waals surface area contributed by atoms with Crippen molar-refractivity contribution in [3.05, 3.63) is 59.9 Å². The van der Waals surface area contributed by atoms with Crippen LogP contribution in [0.5, 0.6) is 5.75 Å². The average Bonchev–Trinajstić information content (AvgIpc) is 2.98. The van der Waals surface area contributed by atoms with Crippen molar-refractivity contribution in [2.24, 2.45) is 0 Å². The lowest BCUT2D eigenvalue weighted by atomic mass is 10.1. The lowest BCUT2D eigenvalue weighted by Crippen LogP contribution is -2.45. The van der Waals surface area contributed by atoms with Gasteiger partial charge in [0.15, 0.2) is 0 Å². The number of aromatic nitrogens is 1. The van der Waals surface area contributed by atoms with Gasteiger partial charge >= 0.3 is 6.09 Å². The molecule has 2 amide bonds. The Morgan fingerprint density at radius 1 is 1.28 bits per heavy atom. The third-order valence-corrected chi connectivity index (χ3v) is 4.00. The molecule has 2 N–H and O–H groups in total. The van der Waals surface area contributed by atoms with E-state index in [1.807, 2.05) is 12.1 Å². The zero-order chi connectivity index (χ0) is 17.6. The Balaban J connectivity index is 1.56. The molecule has 1 aliphatic heterocycles.